The Bertz CT molecular complexity index is 1510. The highest BCUT2D eigenvalue weighted by atomic mass is 35.5. The number of carbonyl (C=O) groups excluding carboxylic acids is 1. The van der Waals surface area contributed by atoms with Crippen LogP contribution in [0.15, 0.2) is 59.5 Å². The molecule has 6 nitrogen and oxygen atoms in total. The maximum absolute atomic E-state index is 14.7. The molecular formula is C29H29ClF5NO5S. The topological polar surface area (TPSA) is 72.9 Å². The second-order valence-electron chi connectivity index (χ2n) is 9.71. The zero-order valence-corrected chi connectivity index (χ0v) is 24.5. The van der Waals surface area contributed by atoms with Crippen LogP contribution in [0.1, 0.15) is 46.3 Å². The molecule has 42 heavy (non-hydrogen) atoms. The monoisotopic (exact) mass is 633 g/mol. The minimum atomic E-state index is -4.63. The number of hydrogen-bond donors (Lipinski definition) is 0. The van der Waals surface area contributed by atoms with Gasteiger partial charge in [0.15, 0.2) is 9.84 Å². The molecule has 0 bridgehead atoms. The van der Waals surface area contributed by atoms with Gasteiger partial charge in [-0.15, -0.1) is 0 Å². The van der Waals surface area contributed by atoms with E-state index in [1.165, 1.54) is 24.3 Å². The third-order valence-corrected chi connectivity index (χ3v) is 8.02. The van der Waals surface area contributed by atoms with Crippen LogP contribution in [0.25, 0.3) is 0 Å². The molecule has 0 aliphatic heterocycles. The van der Waals surface area contributed by atoms with Gasteiger partial charge in [-0.1, -0.05) is 42.8 Å². The van der Waals surface area contributed by atoms with E-state index in [0.29, 0.717) is 19.5 Å². The molecule has 0 aromatic heterocycles. The smallest absolute Gasteiger partial charge is 0.417 e. The Morgan fingerprint density at radius 2 is 1.74 bits per heavy atom. The molecule has 3 aromatic rings. The van der Waals surface area contributed by atoms with Gasteiger partial charge < -0.3 is 9.47 Å². The maximum atomic E-state index is 14.7. The standard InChI is InChI=1S/C29H29ClF5NO5S/c1-18(19-8-10-21(31)11-9-19)16-36(17-20-6-4-7-23(27(20)30)29(33,34)35)12-5-13-41-22-14-24(32)26(28(37)40-2)25(15-22)42(3,38)39/h4,6-11,14-15,18H,5,12-13,16-17H2,1-3H3. The molecule has 0 saturated carbocycles. The molecule has 0 amide bonds. The van der Waals surface area contributed by atoms with Crippen LogP contribution in [0.4, 0.5) is 22.0 Å². The lowest BCUT2D eigenvalue weighted by molar-refractivity contribution is -0.137. The van der Waals surface area contributed by atoms with Crippen molar-refractivity contribution in [1.82, 2.24) is 4.90 Å². The van der Waals surface area contributed by atoms with E-state index in [-0.39, 0.29) is 30.4 Å². The summed E-state index contributed by atoms with van der Waals surface area (Å²) < 4.78 is 103. The number of esters is 1. The Morgan fingerprint density at radius 1 is 1.07 bits per heavy atom. The van der Waals surface area contributed by atoms with Crippen LogP contribution in [-0.2, 0) is 27.3 Å². The third kappa shape index (κ3) is 8.65. The average Bonchev–Trinajstić information content (AvgIpc) is 2.90. The van der Waals surface area contributed by atoms with Crippen LogP contribution in [0, 0.1) is 11.6 Å². The van der Waals surface area contributed by atoms with Crippen molar-refractivity contribution in [2.24, 2.45) is 0 Å². The van der Waals surface area contributed by atoms with E-state index in [2.05, 4.69) is 4.74 Å². The number of nitrogens with zero attached hydrogens (tertiary/aromatic N) is 1. The summed E-state index contributed by atoms with van der Waals surface area (Å²) in [5.74, 6) is -2.95. The second kappa shape index (κ2) is 13.8. The lowest BCUT2D eigenvalue weighted by Gasteiger charge is -2.27. The fraction of sp³-hybridized carbons (Fsp3) is 0.345. The molecule has 0 fully saturated rings. The lowest BCUT2D eigenvalue weighted by Crippen LogP contribution is -2.30. The molecule has 228 valence electrons. The summed E-state index contributed by atoms with van der Waals surface area (Å²) in [4.78, 5) is 13.2. The van der Waals surface area contributed by atoms with Gasteiger partial charge in [-0.3, -0.25) is 4.90 Å². The van der Waals surface area contributed by atoms with Crippen molar-refractivity contribution < 1.29 is 44.6 Å². The predicted molar refractivity (Wildman–Crippen MR) is 148 cm³/mol. The maximum Gasteiger partial charge on any atom is 0.417 e. The van der Waals surface area contributed by atoms with E-state index in [1.807, 2.05) is 11.8 Å². The highest BCUT2D eigenvalue weighted by Crippen LogP contribution is 2.37. The molecule has 0 spiro atoms. The molecule has 0 aliphatic rings. The first-order chi connectivity index (χ1) is 19.6. The summed E-state index contributed by atoms with van der Waals surface area (Å²) in [7, 11) is -3.02. The fourth-order valence-corrected chi connectivity index (χ4v) is 5.57. The van der Waals surface area contributed by atoms with Crippen molar-refractivity contribution in [3.63, 3.8) is 0 Å². The van der Waals surface area contributed by atoms with E-state index in [1.54, 1.807) is 12.1 Å². The quantitative estimate of drug-likeness (QED) is 0.123. The summed E-state index contributed by atoms with van der Waals surface area (Å²) >= 11 is 6.13. The fourth-order valence-electron chi connectivity index (χ4n) is 4.39. The van der Waals surface area contributed by atoms with E-state index < -0.39 is 54.7 Å². The average molecular weight is 634 g/mol. The van der Waals surface area contributed by atoms with E-state index >= 15 is 0 Å². The first-order valence-electron chi connectivity index (χ1n) is 12.7. The Kier molecular flexibility index (Phi) is 11.0. The molecule has 1 atom stereocenters. The van der Waals surface area contributed by atoms with Gasteiger partial charge in [0.1, 0.15) is 22.9 Å². The minimum Gasteiger partial charge on any atom is -0.493 e. The van der Waals surface area contributed by atoms with Crippen LogP contribution < -0.4 is 4.74 Å². The van der Waals surface area contributed by atoms with Crippen molar-refractivity contribution in [1.29, 1.82) is 0 Å². The Labute approximate surface area is 245 Å². The molecule has 0 heterocycles. The largest absolute Gasteiger partial charge is 0.493 e. The summed E-state index contributed by atoms with van der Waals surface area (Å²) in [5, 5.41) is -0.407. The predicted octanol–water partition coefficient (Wildman–Crippen LogP) is 6.90. The van der Waals surface area contributed by atoms with Gasteiger partial charge in [0.2, 0.25) is 0 Å². The van der Waals surface area contributed by atoms with Gasteiger partial charge in [-0.25, -0.2) is 22.0 Å². The number of rotatable bonds is 12. The van der Waals surface area contributed by atoms with Crippen molar-refractivity contribution in [2.75, 3.05) is 33.1 Å². The molecule has 3 rings (SSSR count). The summed E-state index contributed by atoms with van der Waals surface area (Å²) in [6.45, 7) is 2.62. The van der Waals surface area contributed by atoms with Crippen LogP contribution in [0.2, 0.25) is 5.02 Å². The molecule has 0 N–H and O–H groups in total. The van der Waals surface area contributed by atoms with E-state index in [4.69, 9.17) is 16.3 Å². The summed E-state index contributed by atoms with van der Waals surface area (Å²) in [6.07, 6.45) is -3.50. The summed E-state index contributed by atoms with van der Waals surface area (Å²) in [6, 6.07) is 11.5. The highest BCUT2D eigenvalue weighted by Gasteiger charge is 2.34. The Morgan fingerprint density at radius 3 is 2.33 bits per heavy atom. The first-order valence-corrected chi connectivity index (χ1v) is 15.0. The van der Waals surface area contributed by atoms with E-state index in [9.17, 15) is 35.2 Å². The van der Waals surface area contributed by atoms with E-state index in [0.717, 1.165) is 37.1 Å². The van der Waals surface area contributed by atoms with Gasteiger partial charge in [0.05, 0.1) is 29.2 Å². The van der Waals surface area contributed by atoms with Crippen LogP contribution >= 0.6 is 11.6 Å². The number of hydrogen-bond acceptors (Lipinski definition) is 6. The molecule has 3 aromatic carbocycles. The number of carbonyl (C=O) groups is 1. The number of halogens is 6. The van der Waals surface area contributed by atoms with Gasteiger partial charge in [0, 0.05) is 32.0 Å². The van der Waals surface area contributed by atoms with Gasteiger partial charge in [0.25, 0.3) is 0 Å². The van der Waals surface area contributed by atoms with Crippen molar-refractivity contribution >= 4 is 27.4 Å². The normalized spacial score (nSPS) is 12.8. The number of ether oxygens (including phenoxy) is 2. The van der Waals surface area contributed by atoms with Crippen LogP contribution in [0.5, 0.6) is 5.75 Å². The number of benzene rings is 3. The molecule has 0 aliphatic carbocycles. The van der Waals surface area contributed by atoms with Crippen molar-refractivity contribution in [3.8, 4) is 5.75 Å². The number of sulfone groups is 1. The zero-order chi connectivity index (χ0) is 31.2. The SMILES string of the molecule is COC(=O)c1c(F)cc(OCCCN(Cc2cccc(C(F)(F)F)c2Cl)CC(C)c2ccc(F)cc2)cc1S(C)(=O)=O. The van der Waals surface area contributed by atoms with Gasteiger partial charge >= 0.3 is 12.1 Å². The lowest BCUT2D eigenvalue weighted by atomic mass is 10.00. The van der Waals surface area contributed by atoms with Gasteiger partial charge in [-0.2, -0.15) is 13.2 Å². The minimum absolute atomic E-state index is 0.0159. The molecule has 1 unspecified atom stereocenters. The number of methoxy groups -OCH3 is 1. The van der Waals surface area contributed by atoms with Crippen molar-refractivity contribution in [2.45, 2.75) is 36.9 Å². The van der Waals surface area contributed by atoms with Crippen LogP contribution in [-0.4, -0.2) is 52.3 Å². The van der Waals surface area contributed by atoms with Crippen molar-refractivity contribution in [3.05, 3.63) is 93.5 Å². The molecule has 0 radical (unpaired) electrons. The zero-order valence-electron chi connectivity index (χ0n) is 23.0. The third-order valence-electron chi connectivity index (χ3n) is 6.45. The first kappa shape index (κ1) is 33.3. The highest BCUT2D eigenvalue weighted by molar-refractivity contribution is 7.90. The van der Waals surface area contributed by atoms with Crippen LogP contribution in [0.3, 0.4) is 0 Å². The molecule has 0 saturated heterocycles. The Hall–Kier alpha value is -3.22. The Balaban J connectivity index is 1.79. The molecular weight excluding hydrogens is 605 g/mol. The molecule has 13 heteroatoms. The van der Waals surface area contributed by atoms with Gasteiger partial charge in [-0.05, 0) is 47.7 Å². The second-order valence-corrected chi connectivity index (χ2v) is 12.1. The number of alkyl halides is 3. The summed E-state index contributed by atoms with van der Waals surface area (Å²) in [5.41, 5.74) is -0.596.